The third-order valence-electron chi connectivity index (χ3n) is 3.52. The molecule has 3 aromatic rings. The summed E-state index contributed by atoms with van der Waals surface area (Å²) in [5.74, 6) is 0.919. The van der Waals surface area contributed by atoms with Crippen molar-refractivity contribution in [2.75, 3.05) is 11.9 Å². The van der Waals surface area contributed by atoms with Crippen LogP contribution in [0.1, 0.15) is 17.0 Å². The predicted molar refractivity (Wildman–Crippen MR) is 82.3 cm³/mol. The molecular formula is C14H17N5S. The smallest absolute Gasteiger partial charge is 0.147 e. The zero-order chi connectivity index (χ0) is 14.1. The predicted octanol–water partition coefficient (Wildman–Crippen LogP) is 2.93. The average Bonchev–Trinajstić information content (AvgIpc) is 2.97. The van der Waals surface area contributed by atoms with Gasteiger partial charge in [-0.3, -0.25) is 0 Å². The molecule has 0 fully saturated rings. The van der Waals surface area contributed by atoms with Crippen molar-refractivity contribution in [3.8, 4) is 0 Å². The van der Waals surface area contributed by atoms with Crippen molar-refractivity contribution < 1.29 is 0 Å². The zero-order valence-electron chi connectivity index (χ0n) is 11.8. The monoisotopic (exact) mass is 287 g/mol. The first kappa shape index (κ1) is 13.1. The molecule has 0 saturated heterocycles. The standard InChI is InChI=1S/C14H17N5S/c1-9-6-20-13-12(9)16-7-17-14(13)15-4-5-19-8-18-10(2)11(19)3/h6-8H,4-5H2,1-3H3,(H,15,16,17). The molecule has 0 unspecified atom stereocenters. The van der Waals surface area contributed by atoms with Crippen LogP contribution in [-0.2, 0) is 6.54 Å². The van der Waals surface area contributed by atoms with Crippen LogP contribution in [-0.4, -0.2) is 26.1 Å². The number of nitrogens with zero attached hydrogens (tertiary/aromatic N) is 4. The quantitative estimate of drug-likeness (QED) is 0.801. The van der Waals surface area contributed by atoms with Crippen LogP contribution in [0, 0.1) is 20.8 Å². The van der Waals surface area contributed by atoms with Gasteiger partial charge < -0.3 is 9.88 Å². The zero-order valence-corrected chi connectivity index (χ0v) is 12.7. The third kappa shape index (κ3) is 2.27. The van der Waals surface area contributed by atoms with Gasteiger partial charge in [0.25, 0.3) is 0 Å². The van der Waals surface area contributed by atoms with Crippen LogP contribution in [0.4, 0.5) is 5.82 Å². The van der Waals surface area contributed by atoms with Crippen molar-refractivity contribution in [3.63, 3.8) is 0 Å². The molecule has 3 heterocycles. The van der Waals surface area contributed by atoms with Crippen molar-refractivity contribution in [1.82, 2.24) is 19.5 Å². The van der Waals surface area contributed by atoms with Gasteiger partial charge in [0, 0.05) is 18.8 Å². The fourth-order valence-corrected chi connectivity index (χ4v) is 3.13. The van der Waals surface area contributed by atoms with E-state index in [0.29, 0.717) is 0 Å². The van der Waals surface area contributed by atoms with E-state index in [2.05, 4.69) is 44.1 Å². The van der Waals surface area contributed by atoms with Gasteiger partial charge in [0.05, 0.1) is 22.2 Å². The Morgan fingerprint density at radius 3 is 2.80 bits per heavy atom. The lowest BCUT2D eigenvalue weighted by Crippen LogP contribution is -2.12. The number of fused-ring (bicyclic) bond motifs is 1. The molecule has 1 N–H and O–H groups in total. The Hall–Kier alpha value is -1.95. The number of aryl methyl sites for hydroxylation is 2. The Labute approximate surface area is 121 Å². The molecule has 6 heteroatoms. The van der Waals surface area contributed by atoms with E-state index < -0.39 is 0 Å². The van der Waals surface area contributed by atoms with Crippen molar-refractivity contribution in [3.05, 3.63) is 35.0 Å². The number of rotatable bonds is 4. The van der Waals surface area contributed by atoms with Gasteiger partial charge in [0.15, 0.2) is 0 Å². The number of nitrogens with one attached hydrogen (secondary N) is 1. The van der Waals surface area contributed by atoms with Gasteiger partial charge in [-0.25, -0.2) is 15.0 Å². The maximum absolute atomic E-state index is 4.34. The van der Waals surface area contributed by atoms with E-state index in [9.17, 15) is 0 Å². The number of hydrogen-bond acceptors (Lipinski definition) is 5. The molecule has 5 nitrogen and oxygen atoms in total. The van der Waals surface area contributed by atoms with Gasteiger partial charge in [-0.2, -0.15) is 0 Å². The number of imidazole rings is 1. The average molecular weight is 287 g/mol. The first-order valence-electron chi connectivity index (χ1n) is 6.58. The fraction of sp³-hybridized carbons (Fsp3) is 0.357. The Balaban J connectivity index is 1.73. The molecule has 0 radical (unpaired) electrons. The normalized spacial score (nSPS) is 11.2. The summed E-state index contributed by atoms with van der Waals surface area (Å²) in [6.45, 7) is 7.89. The molecule has 0 atom stereocenters. The minimum Gasteiger partial charge on any atom is -0.367 e. The molecule has 20 heavy (non-hydrogen) atoms. The van der Waals surface area contributed by atoms with Crippen LogP contribution in [0.15, 0.2) is 18.0 Å². The van der Waals surface area contributed by atoms with Crippen LogP contribution in [0.2, 0.25) is 0 Å². The van der Waals surface area contributed by atoms with E-state index in [0.717, 1.165) is 34.8 Å². The summed E-state index contributed by atoms with van der Waals surface area (Å²) in [6.07, 6.45) is 3.51. The van der Waals surface area contributed by atoms with Crippen molar-refractivity contribution in [2.24, 2.45) is 0 Å². The van der Waals surface area contributed by atoms with Gasteiger partial charge in [-0.05, 0) is 31.7 Å². The molecule has 0 spiro atoms. The summed E-state index contributed by atoms with van der Waals surface area (Å²) in [7, 11) is 0. The topological polar surface area (TPSA) is 55.6 Å². The second-order valence-corrected chi connectivity index (χ2v) is 5.73. The Morgan fingerprint density at radius 2 is 2.05 bits per heavy atom. The van der Waals surface area contributed by atoms with Gasteiger partial charge in [-0.1, -0.05) is 0 Å². The molecule has 104 valence electrons. The molecule has 0 bridgehead atoms. The summed E-state index contributed by atoms with van der Waals surface area (Å²) < 4.78 is 3.28. The lowest BCUT2D eigenvalue weighted by molar-refractivity contribution is 0.704. The van der Waals surface area contributed by atoms with Gasteiger partial charge in [0.1, 0.15) is 12.1 Å². The van der Waals surface area contributed by atoms with Crippen molar-refractivity contribution >= 4 is 27.4 Å². The van der Waals surface area contributed by atoms with E-state index in [1.54, 1.807) is 17.7 Å². The Morgan fingerprint density at radius 1 is 1.20 bits per heavy atom. The van der Waals surface area contributed by atoms with E-state index in [-0.39, 0.29) is 0 Å². The first-order chi connectivity index (χ1) is 9.66. The van der Waals surface area contributed by atoms with E-state index in [1.807, 2.05) is 13.3 Å². The largest absolute Gasteiger partial charge is 0.367 e. The molecule has 3 aromatic heterocycles. The molecule has 0 aromatic carbocycles. The molecule has 0 aliphatic heterocycles. The molecule has 0 saturated carbocycles. The SMILES string of the molecule is Cc1ncn(CCNc2ncnc3c(C)csc23)c1C. The highest BCUT2D eigenvalue weighted by molar-refractivity contribution is 7.18. The maximum Gasteiger partial charge on any atom is 0.147 e. The van der Waals surface area contributed by atoms with Crippen molar-refractivity contribution in [1.29, 1.82) is 0 Å². The van der Waals surface area contributed by atoms with E-state index in [4.69, 9.17) is 0 Å². The van der Waals surface area contributed by atoms with Gasteiger partial charge in [0.2, 0.25) is 0 Å². The van der Waals surface area contributed by atoms with E-state index >= 15 is 0 Å². The number of anilines is 1. The molecule has 3 rings (SSSR count). The van der Waals surface area contributed by atoms with E-state index in [1.165, 1.54) is 11.3 Å². The lowest BCUT2D eigenvalue weighted by atomic mass is 10.3. The first-order valence-corrected chi connectivity index (χ1v) is 7.46. The summed E-state index contributed by atoms with van der Waals surface area (Å²) >= 11 is 1.69. The maximum atomic E-state index is 4.34. The van der Waals surface area contributed by atoms with Crippen LogP contribution in [0.5, 0.6) is 0 Å². The summed E-state index contributed by atoms with van der Waals surface area (Å²) in [4.78, 5) is 13.0. The molecule has 0 amide bonds. The Kier molecular flexibility index (Phi) is 3.40. The van der Waals surface area contributed by atoms with Crippen LogP contribution in [0.3, 0.4) is 0 Å². The minimum atomic E-state index is 0.819. The Bertz CT molecular complexity index is 743. The second-order valence-electron chi connectivity index (χ2n) is 4.85. The second kappa shape index (κ2) is 5.20. The van der Waals surface area contributed by atoms with Crippen LogP contribution in [0.25, 0.3) is 10.2 Å². The van der Waals surface area contributed by atoms with Crippen LogP contribution >= 0.6 is 11.3 Å². The highest BCUT2D eigenvalue weighted by atomic mass is 32.1. The molecular weight excluding hydrogens is 270 g/mol. The highest BCUT2D eigenvalue weighted by Crippen LogP contribution is 2.28. The number of hydrogen-bond donors (Lipinski definition) is 1. The summed E-state index contributed by atoms with van der Waals surface area (Å²) in [5.41, 5.74) is 4.55. The van der Waals surface area contributed by atoms with Crippen LogP contribution < -0.4 is 5.32 Å². The summed E-state index contributed by atoms with van der Waals surface area (Å²) in [6, 6.07) is 0. The number of thiophene rings is 1. The van der Waals surface area contributed by atoms with Gasteiger partial charge >= 0.3 is 0 Å². The highest BCUT2D eigenvalue weighted by Gasteiger charge is 2.08. The minimum absolute atomic E-state index is 0.819. The number of aromatic nitrogens is 4. The lowest BCUT2D eigenvalue weighted by Gasteiger charge is -2.08. The van der Waals surface area contributed by atoms with Crippen molar-refractivity contribution in [2.45, 2.75) is 27.3 Å². The fourth-order valence-electron chi connectivity index (χ4n) is 2.16. The summed E-state index contributed by atoms with van der Waals surface area (Å²) in [5, 5.41) is 5.52. The third-order valence-corrected chi connectivity index (χ3v) is 4.62. The van der Waals surface area contributed by atoms with Gasteiger partial charge in [-0.15, -0.1) is 11.3 Å². The molecule has 0 aliphatic rings. The molecule has 0 aliphatic carbocycles.